The summed E-state index contributed by atoms with van der Waals surface area (Å²) in [6, 6.07) is 7.35. The molecule has 7 nitrogen and oxygen atoms in total. The average Bonchev–Trinajstić information content (AvgIpc) is 2.63. The van der Waals surface area contributed by atoms with Gasteiger partial charge in [0.25, 0.3) is 5.69 Å². The minimum Gasteiger partial charge on any atom is -0.467 e. The topological polar surface area (TPSA) is 98.5 Å². The maximum absolute atomic E-state index is 13.7. The highest BCUT2D eigenvalue weighted by atomic mass is 19.1. The summed E-state index contributed by atoms with van der Waals surface area (Å²) in [5, 5.41) is 13.5. The number of esters is 1. The molecule has 1 N–H and O–H groups in total. The van der Waals surface area contributed by atoms with E-state index in [-0.39, 0.29) is 23.2 Å². The van der Waals surface area contributed by atoms with Crippen LogP contribution >= 0.6 is 0 Å². The number of rotatable bonds is 7. The van der Waals surface area contributed by atoms with Gasteiger partial charge in [0.2, 0.25) is 5.91 Å². The Hall–Kier alpha value is -3.36. The van der Waals surface area contributed by atoms with E-state index in [1.54, 1.807) is 6.07 Å². The van der Waals surface area contributed by atoms with Crippen molar-refractivity contribution < 1.29 is 28.0 Å². The molecule has 142 valence electrons. The van der Waals surface area contributed by atoms with Crippen LogP contribution in [0.5, 0.6) is 0 Å². The predicted molar refractivity (Wildman–Crippen MR) is 90.8 cm³/mol. The Morgan fingerprint density at radius 1 is 1.19 bits per heavy atom. The van der Waals surface area contributed by atoms with E-state index in [1.807, 2.05) is 0 Å². The zero-order valence-corrected chi connectivity index (χ0v) is 14.3. The van der Waals surface area contributed by atoms with Crippen LogP contribution in [0, 0.1) is 21.7 Å². The molecule has 0 aliphatic carbocycles. The Morgan fingerprint density at radius 2 is 1.89 bits per heavy atom. The number of para-hydroxylation sites is 1. The van der Waals surface area contributed by atoms with E-state index in [0.717, 1.165) is 19.2 Å². The third kappa shape index (κ3) is 5.30. The van der Waals surface area contributed by atoms with E-state index in [9.17, 15) is 28.5 Å². The largest absolute Gasteiger partial charge is 0.467 e. The smallest absolute Gasteiger partial charge is 0.328 e. The summed E-state index contributed by atoms with van der Waals surface area (Å²) in [7, 11) is 1.11. The molecule has 0 aromatic heterocycles. The lowest BCUT2D eigenvalue weighted by Crippen LogP contribution is -2.43. The molecule has 0 radical (unpaired) electrons. The number of nitrogens with one attached hydrogen (secondary N) is 1. The van der Waals surface area contributed by atoms with Gasteiger partial charge < -0.3 is 10.1 Å². The molecule has 0 bridgehead atoms. The fourth-order valence-electron chi connectivity index (χ4n) is 2.50. The highest BCUT2D eigenvalue weighted by Crippen LogP contribution is 2.20. The maximum Gasteiger partial charge on any atom is 0.328 e. The van der Waals surface area contributed by atoms with Gasteiger partial charge in [-0.25, -0.2) is 13.6 Å². The Balaban J connectivity index is 2.16. The molecule has 0 saturated heterocycles. The minimum absolute atomic E-state index is 0.0526. The second kappa shape index (κ2) is 8.84. The lowest BCUT2D eigenvalue weighted by Gasteiger charge is -2.17. The lowest BCUT2D eigenvalue weighted by molar-refractivity contribution is -0.385. The van der Waals surface area contributed by atoms with Gasteiger partial charge in [-0.05, 0) is 11.6 Å². The van der Waals surface area contributed by atoms with Gasteiger partial charge in [-0.15, -0.1) is 0 Å². The molecule has 1 amide bonds. The molecule has 0 aliphatic rings. The fourth-order valence-corrected chi connectivity index (χ4v) is 2.50. The number of halogens is 2. The first-order chi connectivity index (χ1) is 12.8. The summed E-state index contributed by atoms with van der Waals surface area (Å²) in [5.41, 5.74) is -0.0281. The molecule has 9 heteroatoms. The molecule has 2 aromatic rings. The minimum atomic E-state index is -1.20. The van der Waals surface area contributed by atoms with Crippen molar-refractivity contribution in [3.8, 4) is 0 Å². The van der Waals surface area contributed by atoms with Crippen LogP contribution in [0.1, 0.15) is 11.1 Å². The molecule has 0 spiro atoms. The normalized spacial score (nSPS) is 11.5. The van der Waals surface area contributed by atoms with E-state index >= 15 is 0 Å². The third-order valence-corrected chi connectivity index (χ3v) is 3.80. The van der Waals surface area contributed by atoms with Crippen molar-refractivity contribution in [1.29, 1.82) is 0 Å². The van der Waals surface area contributed by atoms with E-state index in [2.05, 4.69) is 10.1 Å². The summed E-state index contributed by atoms with van der Waals surface area (Å²) in [5.74, 6) is -3.19. The van der Waals surface area contributed by atoms with E-state index < -0.39 is 40.9 Å². The van der Waals surface area contributed by atoms with Crippen molar-refractivity contribution in [2.45, 2.75) is 18.9 Å². The zero-order valence-electron chi connectivity index (χ0n) is 14.3. The van der Waals surface area contributed by atoms with E-state index in [1.165, 1.54) is 18.2 Å². The van der Waals surface area contributed by atoms with Crippen molar-refractivity contribution in [3.63, 3.8) is 0 Å². The number of hydrogen-bond acceptors (Lipinski definition) is 5. The lowest BCUT2D eigenvalue weighted by atomic mass is 10.0. The first-order valence-electron chi connectivity index (χ1n) is 7.85. The van der Waals surface area contributed by atoms with E-state index in [4.69, 9.17) is 0 Å². The van der Waals surface area contributed by atoms with E-state index in [0.29, 0.717) is 6.07 Å². The number of methoxy groups -OCH3 is 1. The highest BCUT2D eigenvalue weighted by molar-refractivity contribution is 5.86. The molecular formula is C18H16F2N2O5. The second-order valence-electron chi connectivity index (χ2n) is 5.65. The van der Waals surface area contributed by atoms with Crippen LogP contribution in [0.25, 0.3) is 0 Å². The zero-order chi connectivity index (χ0) is 20.0. The van der Waals surface area contributed by atoms with Crippen molar-refractivity contribution in [2.75, 3.05) is 7.11 Å². The molecule has 2 aromatic carbocycles. The number of benzene rings is 2. The van der Waals surface area contributed by atoms with Crippen LogP contribution in [0.15, 0.2) is 42.5 Å². The number of nitro groups is 1. The molecule has 0 saturated carbocycles. The van der Waals surface area contributed by atoms with Crippen LogP contribution in [0.2, 0.25) is 0 Å². The van der Waals surface area contributed by atoms with Gasteiger partial charge in [-0.2, -0.15) is 0 Å². The average molecular weight is 378 g/mol. The maximum atomic E-state index is 13.7. The van der Waals surface area contributed by atoms with Crippen LogP contribution in [-0.4, -0.2) is 30.0 Å². The van der Waals surface area contributed by atoms with Crippen LogP contribution in [0.4, 0.5) is 14.5 Å². The Morgan fingerprint density at radius 3 is 2.52 bits per heavy atom. The molecule has 1 atom stereocenters. The van der Waals surface area contributed by atoms with Gasteiger partial charge in [0, 0.05) is 24.1 Å². The Kier molecular flexibility index (Phi) is 6.53. The second-order valence-corrected chi connectivity index (χ2v) is 5.65. The van der Waals surface area contributed by atoms with Gasteiger partial charge in [-0.1, -0.05) is 24.3 Å². The summed E-state index contributed by atoms with van der Waals surface area (Å²) in [6.07, 6.45) is -0.613. The SMILES string of the molecule is COC(=O)[C@@H](Cc1ccccc1[N+](=O)[O-])NC(=O)Cc1ccc(F)cc1F. The van der Waals surface area contributed by atoms with Gasteiger partial charge in [0.05, 0.1) is 18.5 Å². The predicted octanol–water partition coefficient (Wildman–Crippen LogP) is 2.32. The van der Waals surface area contributed by atoms with Gasteiger partial charge in [0.1, 0.15) is 17.7 Å². The van der Waals surface area contributed by atoms with Crippen LogP contribution in [-0.2, 0) is 27.2 Å². The highest BCUT2D eigenvalue weighted by Gasteiger charge is 2.26. The first-order valence-corrected chi connectivity index (χ1v) is 7.85. The summed E-state index contributed by atoms with van der Waals surface area (Å²) in [4.78, 5) is 34.6. The number of carbonyl (C=O) groups is 2. The Bertz CT molecular complexity index is 873. The molecular weight excluding hydrogens is 362 g/mol. The quantitative estimate of drug-likeness (QED) is 0.453. The molecule has 27 heavy (non-hydrogen) atoms. The summed E-state index contributed by atoms with van der Waals surface area (Å²) >= 11 is 0. The number of ether oxygens (including phenoxy) is 1. The molecule has 0 aliphatic heterocycles. The number of carbonyl (C=O) groups excluding carboxylic acids is 2. The number of amides is 1. The monoisotopic (exact) mass is 378 g/mol. The third-order valence-electron chi connectivity index (χ3n) is 3.80. The Labute approximate surface area is 153 Å². The van der Waals surface area contributed by atoms with Crippen molar-refractivity contribution in [1.82, 2.24) is 5.32 Å². The van der Waals surface area contributed by atoms with Gasteiger partial charge >= 0.3 is 5.97 Å². The van der Waals surface area contributed by atoms with Crippen LogP contribution in [0.3, 0.4) is 0 Å². The van der Waals surface area contributed by atoms with Crippen molar-refractivity contribution >= 4 is 17.6 Å². The number of nitrogens with zero attached hydrogens (tertiary/aromatic N) is 1. The van der Waals surface area contributed by atoms with Gasteiger partial charge in [0.15, 0.2) is 0 Å². The summed E-state index contributed by atoms with van der Waals surface area (Å²) in [6.45, 7) is 0. The number of nitro benzene ring substituents is 1. The standard InChI is InChI=1S/C18H16F2N2O5/c1-27-18(24)15(8-12-4-2-3-5-16(12)22(25)26)21-17(23)9-11-6-7-13(19)10-14(11)20/h2-7,10,15H,8-9H2,1H3,(H,21,23)/t15-/m1/s1. The summed E-state index contributed by atoms with van der Waals surface area (Å²) < 4.78 is 31.2. The fraction of sp³-hybridized carbons (Fsp3) is 0.222. The number of hydrogen-bond donors (Lipinski definition) is 1. The molecule has 0 fully saturated rings. The van der Waals surface area contributed by atoms with Crippen molar-refractivity contribution in [3.05, 3.63) is 75.3 Å². The molecule has 0 unspecified atom stereocenters. The first kappa shape index (κ1) is 20.0. The molecule has 2 rings (SSSR count). The van der Waals surface area contributed by atoms with Crippen molar-refractivity contribution in [2.24, 2.45) is 0 Å². The molecule has 0 heterocycles. The van der Waals surface area contributed by atoms with Gasteiger partial charge in [-0.3, -0.25) is 14.9 Å². The van der Waals surface area contributed by atoms with Crippen LogP contribution < -0.4 is 5.32 Å².